The molecule has 0 unspecified atom stereocenters. The van der Waals surface area contributed by atoms with Crippen molar-refractivity contribution in [2.24, 2.45) is 0 Å². The third kappa shape index (κ3) is 7.11. The molecule has 234 valence electrons. The fourth-order valence-corrected chi connectivity index (χ4v) is 5.25. The maximum atomic E-state index is 13.7. The zero-order valence-corrected chi connectivity index (χ0v) is 24.6. The smallest absolute Gasteiger partial charge is 0.436 e. The zero-order chi connectivity index (χ0) is 32.3. The summed E-state index contributed by atoms with van der Waals surface area (Å²) in [5.74, 6) is -1.17. The summed E-state index contributed by atoms with van der Waals surface area (Å²) in [7, 11) is 1.23. The Morgan fingerprint density at radius 3 is 2.58 bits per heavy atom. The van der Waals surface area contributed by atoms with Gasteiger partial charge in [-0.05, 0) is 48.7 Å². The maximum Gasteiger partial charge on any atom is 0.436 e. The number of rotatable bonds is 4. The Hall–Kier alpha value is -4.85. The second kappa shape index (κ2) is 13.0. The number of ether oxygens (including phenoxy) is 1. The predicted molar refractivity (Wildman–Crippen MR) is 156 cm³/mol. The lowest BCUT2D eigenvalue weighted by atomic mass is 9.95. The Morgan fingerprint density at radius 2 is 1.87 bits per heavy atom. The number of amides is 1. The minimum atomic E-state index is -4.71. The van der Waals surface area contributed by atoms with Crippen molar-refractivity contribution in [1.29, 1.82) is 0 Å². The number of aromatic nitrogens is 5. The van der Waals surface area contributed by atoms with Crippen LogP contribution in [-0.4, -0.2) is 49.3 Å². The largest absolute Gasteiger partial charge is 0.465 e. The van der Waals surface area contributed by atoms with Crippen LogP contribution in [0.5, 0.6) is 0 Å². The van der Waals surface area contributed by atoms with Gasteiger partial charge in [-0.3, -0.25) is 19.0 Å². The molecule has 0 spiro atoms. The molecule has 0 radical (unpaired) electrons. The monoisotopic (exact) mass is 642 g/mol. The molecule has 1 N–H and O–H groups in total. The Balaban J connectivity index is 1.50. The lowest BCUT2D eigenvalue weighted by Crippen LogP contribution is -2.31. The fraction of sp³-hybridized carbons (Fsp3) is 0.300. The SMILES string of the molecule is COC(=O)c1ccc2c(c1)NC(=O)CCCCC[C@H](n1cnc(-c3cc(Cl)ccc3-n3cc(C(F)(F)F)nn3)cc1=O)C(=O)C2. The van der Waals surface area contributed by atoms with E-state index in [0.29, 0.717) is 43.1 Å². The molecule has 5 rings (SSSR count). The molecular formula is C30H26ClF3N6O5. The van der Waals surface area contributed by atoms with Gasteiger partial charge in [0.15, 0.2) is 11.5 Å². The number of hydrogen-bond acceptors (Lipinski definition) is 8. The molecule has 4 aromatic rings. The number of halogens is 4. The predicted octanol–water partition coefficient (Wildman–Crippen LogP) is 5.21. The van der Waals surface area contributed by atoms with Crippen molar-refractivity contribution < 1.29 is 32.3 Å². The first-order valence-corrected chi connectivity index (χ1v) is 14.2. The summed E-state index contributed by atoms with van der Waals surface area (Å²) in [5, 5.41) is 9.79. The van der Waals surface area contributed by atoms with Gasteiger partial charge in [0, 0.05) is 35.2 Å². The van der Waals surface area contributed by atoms with E-state index in [-0.39, 0.29) is 52.1 Å². The number of alkyl halides is 3. The van der Waals surface area contributed by atoms with Gasteiger partial charge < -0.3 is 10.1 Å². The molecule has 11 nitrogen and oxygen atoms in total. The van der Waals surface area contributed by atoms with Crippen molar-refractivity contribution in [3.05, 3.63) is 87.2 Å². The van der Waals surface area contributed by atoms with Crippen LogP contribution in [0.3, 0.4) is 0 Å². The third-order valence-electron chi connectivity index (χ3n) is 7.36. The molecule has 0 fully saturated rings. The molecule has 15 heteroatoms. The Kier molecular flexibility index (Phi) is 9.14. The summed E-state index contributed by atoms with van der Waals surface area (Å²) in [5.41, 5.74) is -0.339. The van der Waals surface area contributed by atoms with Gasteiger partial charge >= 0.3 is 12.1 Å². The number of nitrogens with zero attached hydrogens (tertiary/aromatic N) is 5. The summed E-state index contributed by atoms with van der Waals surface area (Å²) in [6.45, 7) is 0. The molecule has 1 amide bonds. The highest BCUT2D eigenvalue weighted by atomic mass is 35.5. The van der Waals surface area contributed by atoms with Crippen molar-refractivity contribution >= 4 is 34.9 Å². The molecule has 2 aromatic heterocycles. The Bertz CT molecular complexity index is 1840. The lowest BCUT2D eigenvalue weighted by molar-refractivity contribution is -0.141. The van der Waals surface area contributed by atoms with Crippen LogP contribution in [0.25, 0.3) is 16.9 Å². The van der Waals surface area contributed by atoms with Gasteiger partial charge in [-0.2, -0.15) is 13.2 Å². The molecule has 1 aliphatic rings. The highest BCUT2D eigenvalue weighted by Gasteiger charge is 2.35. The van der Waals surface area contributed by atoms with Gasteiger partial charge in [0.25, 0.3) is 5.56 Å². The van der Waals surface area contributed by atoms with Gasteiger partial charge in [0.05, 0.1) is 42.6 Å². The zero-order valence-electron chi connectivity index (χ0n) is 23.8. The summed E-state index contributed by atoms with van der Waals surface area (Å²) in [4.78, 5) is 56.2. The van der Waals surface area contributed by atoms with E-state index in [1.54, 1.807) is 6.07 Å². The number of ketones is 1. The third-order valence-corrected chi connectivity index (χ3v) is 7.59. The van der Waals surface area contributed by atoms with Crippen LogP contribution in [0.4, 0.5) is 18.9 Å². The number of anilines is 1. The normalized spacial score (nSPS) is 16.2. The van der Waals surface area contributed by atoms with Gasteiger partial charge in [-0.1, -0.05) is 35.7 Å². The summed E-state index contributed by atoms with van der Waals surface area (Å²) in [6.07, 6.45) is -0.668. The van der Waals surface area contributed by atoms with Gasteiger partial charge in [0.2, 0.25) is 5.91 Å². The first kappa shape index (κ1) is 31.6. The molecule has 0 saturated carbocycles. The van der Waals surface area contributed by atoms with E-state index < -0.39 is 29.4 Å². The highest BCUT2D eigenvalue weighted by molar-refractivity contribution is 6.31. The first-order chi connectivity index (χ1) is 21.4. The maximum absolute atomic E-state index is 13.7. The summed E-state index contributed by atoms with van der Waals surface area (Å²) < 4.78 is 46.4. The lowest BCUT2D eigenvalue weighted by Gasteiger charge is -2.21. The number of hydrogen-bond donors (Lipinski definition) is 1. The van der Waals surface area contributed by atoms with Crippen molar-refractivity contribution in [3.8, 4) is 16.9 Å². The van der Waals surface area contributed by atoms with E-state index in [1.807, 2.05) is 0 Å². The molecule has 1 aliphatic heterocycles. The van der Waals surface area contributed by atoms with Crippen LogP contribution in [0.1, 0.15) is 59.8 Å². The van der Waals surface area contributed by atoms with Crippen LogP contribution in [-0.2, 0) is 26.9 Å². The quantitative estimate of drug-likeness (QED) is 0.300. The summed E-state index contributed by atoms with van der Waals surface area (Å²) >= 11 is 6.18. The number of esters is 1. The standard InChI is InChI=1S/C30H26ClF3N6O5/c1-45-29(44)18-8-7-17-12-25(41)24(5-3-2-4-6-27(42)36-21(17)11-18)39-16-35-22(14-28(39)43)20-13-19(31)9-10-23(20)40-15-26(37-38-40)30(32,33)34/h7-11,13-16,24H,2-6,12H2,1H3,(H,36,42)/t24-/m0/s1. The molecule has 1 atom stereocenters. The number of nitrogens with one attached hydrogen (secondary N) is 1. The van der Waals surface area contributed by atoms with Gasteiger partial charge in [0.1, 0.15) is 0 Å². The molecular weight excluding hydrogens is 617 g/mol. The Morgan fingerprint density at radius 1 is 1.07 bits per heavy atom. The van der Waals surface area contributed by atoms with E-state index in [4.69, 9.17) is 16.3 Å². The van der Waals surface area contributed by atoms with Crippen LogP contribution < -0.4 is 10.9 Å². The van der Waals surface area contributed by atoms with Crippen LogP contribution >= 0.6 is 11.6 Å². The molecule has 0 bridgehead atoms. The molecule has 45 heavy (non-hydrogen) atoms. The number of fused-ring (bicyclic) bond motifs is 1. The van der Waals surface area contributed by atoms with E-state index in [0.717, 1.165) is 4.68 Å². The van der Waals surface area contributed by atoms with Gasteiger partial charge in [-0.25, -0.2) is 14.5 Å². The molecule has 0 saturated heterocycles. The van der Waals surface area contributed by atoms with E-state index >= 15 is 0 Å². The fourth-order valence-electron chi connectivity index (χ4n) is 5.08. The van der Waals surface area contributed by atoms with Crippen LogP contribution in [0.15, 0.2) is 59.8 Å². The van der Waals surface area contributed by atoms with E-state index in [9.17, 15) is 32.3 Å². The minimum Gasteiger partial charge on any atom is -0.465 e. The average Bonchev–Trinajstić information content (AvgIpc) is 3.50. The van der Waals surface area contributed by atoms with Gasteiger partial charge in [-0.15, -0.1) is 5.10 Å². The van der Waals surface area contributed by atoms with Crippen LogP contribution in [0, 0.1) is 0 Å². The minimum absolute atomic E-state index is 0.0989. The average molecular weight is 643 g/mol. The van der Waals surface area contributed by atoms with Crippen molar-refractivity contribution in [2.75, 3.05) is 12.4 Å². The number of carbonyl (C=O) groups is 3. The van der Waals surface area contributed by atoms with E-state index in [2.05, 4.69) is 20.6 Å². The second-order valence-electron chi connectivity index (χ2n) is 10.4. The second-order valence-corrected chi connectivity index (χ2v) is 10.8. The van der Waals surface area contributed by atoms with E-state index in [1.165, 1.54) is 54.4 Å². The van der Waals surface area contributed by atoms with Crippen molar-refractivity contribution in [3.63, 3.8) is 0 Å². The first-order valence-electron chi connectivity index (χ1n) is 13.9. The summed E-state index contributed by atoms with van der Waals surface area (Å²) in [6, 6.07) is 9.09. The van der Waals surface area contributed by atoms with Crippen molar-refractivity contribution in [1.82, 2.24) is 24.5 Å². The number of methoxy groups -OCH3 is 1. The molecule has 3 heterocycles. The number of Topliss-reactive ketones (excluding diaryl/α,β-unsaturated/α-hetero) is 1. The molecule has 2 aromatic carbocycles. The number of benzene rings is 2. The Labute approximate surface area is 259 Å². The highest BCUT2D eigenvalue weighted by Crippen LogP contribution is 2.31. The van der Waals surface area contributed by atoms with Crippen molar-refractivity contribution in [2.45, 2.75) is 50.7 Å². The topological polar surface area (TPSA) is 138 Å². The molecule has 0 aliphatic carbocycles. The number of carbonyl (C=O) groups excluding carboxylic acids is 3. The van der Waals surface area contributed by atoms with Crippen LogP contribution in [0.2, 0.25) is 5.02 Å².